The molecule has 0 saturated carbocycles. The predicted molar refractivity (Wildman–Crippen MR) is 9.87 cm³/mol. The Kier molecular flexibility index (Phi) is 54.1. The van der Waals surface area contributed by atoms with Crippen molar-refractivity contribution < 1.29 is 106 Å². The first-order valence-electron chi connectivity index (χ1n) is 1.64. The van der Waals surface area contributed by atoms with E-state index < -0.39 is 56.4 Å². The third kappa shape index (κ3) is 317. The summed E-state index contributed by atoms with van der Waals surface area (Å²) in [6.07, 6.45) is 0. The molecule has 14 heteroatoms. The van der Waals surface area contributed by atoms with Crippen molar-refractivity contribution in [3.63, 3.8) is 0 Å². The molecule has 0 heterocycles. The summed E-state index contributed by atoms with van der Waals surface area (Å²) in [5.41, 5.74) is 0. The van der Waals surface area contributed by atoms with E-state index in [1.165, 1.54) is 0 Å². The Morgan fingerprint density at radius 1 is 0.571 bits per heavy atom. The van der Waals surface area contributed by atoms with Crippen LogP contribution in [0.25, 0.3) is 0 Å². The second-order valence-corrected chi connectivity index (χ2v) is 3.97. The van der Waals surface area contributed by atoms with E-state index in [-0.39, 0.29) is 67.7 Å². The second kappa shape index (κ2) is 25.1. The summed E-state index contributed by atoms with van der Waals surface area (Å²) in [6, 6.07) is 0. The van der Waals surface area contributed by atoms with Gasteiger partial charge in [-0.05, 0) is 0 Å². The van der Waals surface area contributed by atoms with Gasteiger partial charge in [0.05, 0.1) is 0 Å². The topological polar surface area (TPSA) is 172 Å². The third-order valence-electron chi connectivity index (χ3n) is 0. The van der Waals surface area contributed by atoms with Gasteiger partial charge in [-0.2, -0.15) is 0 Å². The molecule has 0 saturated heterocycles. The van der Waals surface area contributed by atoms with E-state index in [0.29, 0.717) is 0 Å². The Labute approximate surface area is 151 Å². The first kappa shape index (κ1) is 30.3. The molecule has 0 aromatic carbocycles. The Morgan fingerprint density at radius 2 is 0.571 bits per heavy atom. The molecule has 72 valence electrons. The Morgan fingerprint density at radius 3 is 0.571 bits per heavy atom. The molecule has 9 nitrogen and oxygen atoms in total. The quantitative estimate of drug-likeness (QED) is 0.258. The summed E-state index contributed by atoms with van der Waals surface area (Å²) >= 11 is -12.6. The standard InChI is InChI=1S/Ba.Li.3Nb.9O/q+2;+1;;;;;;;;;;3*-1. The average Bonchev–Trinajstić information content (AvgIpc) is 1.54. The molecule has 0 fully saturated rings. The van der Waals surface area contributed by atoms with Gasteiger partial charge in [-0.15, -0.1) is 0 Å². The zero-order chi connectivity index (χ0) is 10.7. The van der Waals surface area contributed by atoms with Crippen LogP contribution in [0.2, 0.25) is 0 Å². The third-order valence-corrected chi connectivity index (χ3v) is 0. The number of hydrogen-bond acceptors (Lipinski definition) is 9. The van der Waals surface area contributed by atoms with Crippen molar-refractivity contribution in [3.05, 3.63) is 0 Å². The molecule has 0 aliphatic rings. The molecule has 0 radical (unpaired) electrons. The molecule has 0 aliphatic heterocycles. The Bertz CT molecular complexity index is 213. The molecule has 0 aromatic rings. The summed E-state index contributed by atoms with van der Waals surface area (Å²) in [6.45, 7) is 0. The Balaban J connectivity index is -0.0000000270. The minimum absolute atomic E-state index is 0. The van der Waals surface area contributed by atoms with Crippen LogP contribution in [-0.2, 0) is 75.9 Å². The average molecular weight is 567 g/mol. The summed E-state index contributed by atoms with van der Waals surface area (Å²) < 4.78 is 77.4. The summed E-state index contributed by atoms with van der Waals surface area (Å²) in [4.78, 5) is 0. The van der Waals surface area contributed by atoms with Crippen LogP contribution in [0, 0.1) is 0 Å². The van der Waals surface area contributed by atoms with E-state index in [0.717, 1.165) is 0 Å². The van der Waals surface area contributed by atoms with Gasteiger partial charge in [0.25, 0.3) is 0 Å². The molecule has 0 aliphatic carbocycles. The SMILES string of the molecule is [Ba+2].[Li+].[O]=[Nb](=[O])[O-].[O]=[Nb](=[O])[O-].[O]=[Nb](=[O])[O-]. The summed E-state index contributed by atoms with van der Waals surface area (Å²) in [5, 5.41) is 0. The van der Waals surface area contributed by atoms with E-state index in [4.69, 9.17) is 30.3 Å². The fourth-order valence-corrected chi connectivity index (χ4v) is 0. The van der Waals surface area contributed by atoms with Crippen molar-refractivity contribution in [2.75, 3.05) is 0 Å². The van der Waals surface area contributed by atoms with Gasteiger partial charge < -0.3 is 0 Å². The van der Waals surface area contributed by atoms with Gasteiger partial charge in [-0.25, -0.2) is 0 Å². The van der Waals surface area contributed by atoms with Gasteiger partial charge in [0, 0.05) is 0 Å². The summed E-state index contributed by atoms with van der Waals surface area (Å²) in [5.74, 6) is 0. The molecular formula is BaLiNb3O9. The van der Waals surface area contributed by atoms with Crippen LogP contribution in [0.1, 0.15) is 0 Å². The number of hydrogen-bond donors (Lipinski definition) is 0. The molecule has 0 N–H and O–H groups in total. The normalized spacial score (nSPS) is 5.36. The van der Waals surface area contributed by atoms with Gasteiger partial charge in [0.2, 0.25) is 0 Å². The molecule has 0 bridgehead atoms. The zero-order valence-electron chi connectivity index (χ0n) is 6.72. The van der Waals surface area contributed by atoms with E-state index in [2.05, 4.69) is 0 Å². The molecule has 0 spiro atoms. The Hall–Kier alpha value is 3.07. The molecule has 0 unspecified atom stereocenters. The van der Waals surface area contributed by atoms with E-state index >= 15 is 0 Å². The monoisotopic (exact) mass is 568 g/mol. The van der Waals surface area contributed by atoms with Crippen molar-refractivity contribution in [1.82, 2.24) is 0 Å². The van der Waals surface area contributed by atoms with Gasteiger partial charge in [-0.3, -0.25) is 0 Å². The first-order chi connectivity index (χ1) is 5.20. The van der Waals surface area contributed by atoms with Crippen molar-refractivity contribution >= 4 is 48.9 Å². The van der Waals surface area contributed by atoms with Crippen molar-refractivity contribution in [3.8, 4) is 0 Å². The minimum atomic E-state index is -4.20. The second-order valence-electron chi connectivity index (χ2n) is 0.671. The van der Waals surface area contributed by atoms with Crippen LogP contribution in [-0.4, -0.2) is 48.9 Å². The predicted octanol–water partition coefficient (Wildman–Crippen LogP) is -7.66. The van der Waals surface area contributed by atoms with Crippen LogP contribution >= 0.6 is 0 Å². The van der Waals surface area contributed by atoms with Crippen LogP contribution in [0.5, 0.6) is 0 Å². The van der Waals surface area contributed by atoms with Crippen molar-refractivity contribution in [2.24, 2.45) is 0 Å². The zero-order valence-corrected chi connectivity index (χ0v) is 17.8. The molecule has 0 amide bonds. The molecule has 0 aromatic heterocycles. The van der Waals surface area contributed by atoms with E-state index in [1.54, 1.807) is 0 Å². The van der Waals surface area contributed by atoms with Gasteiger partial charge in [0.1, 0.15) is 0 Å². The van der Waals surface area contributed by atoms with Crippen LogP contribution < -0.4 is 29.7 Å². The maximum absolute atomic E-state index is 8.60. The fraction of sp³-hybridized carbons (Fsp3) is 0. The van der Waals surface area contributed by atoms with Crippen molar-refractivity contribution in [2.45, 2.75) is 0 Å². The molecule has 0 atom stereocenters. The molecule has 14 heavy (non-hydrogen) atoms. The van der Waals surface area contributed by atoms with Gasteiger partial charge in [0.15, 0.2) is 0 Å². The van der Waals surface area contributed by atoms with E-state index in [1.807, 2.05) is 0 Å². The fourth-order valence-electron chi connectivity index (χ4n) is 0. The molecule has 0 rings (SSSR count). The number of rotatable bonds is 0. The van der Waals surface area contributed by atoms with Gasteiger partial charge >= 0.3 is 154 Å². The first-order valence-corrected chi connectivity index (χ1v) is 9.72. The van der Waals surface area contributed by atoms with Gasteiger partial charge in [-0.1, -0.05) is 0 Å². The van der Waals surface area contributed by atoms with Crippen LogP contribution in [0.4, 0.5) is 0 Å². The van der Waals surface area contributed by atoms with Crippen molar-refractivity contribution in [1.29, 1.82) is 0 Å². The summed E-state index contributed by atoms with van der Waals surface area (Å²) in [7, 11) is 0. The maximum atomic E-state index is 8.60. The van der Waals surface area contributed by atoms with E-state index in [9.17, 15) is 0 Å². The van der Waals surface area contributed by atoms with Crippen LogP contribution in [0.3, 0.4) is 0 Å². The molecular weight excluding hydrogens is 567 g/mol. The van der Waals surface area contributed by atoms with Crippen LogP contribution in [0.15, 0.2) is 0 Å².